The third-order valence-corrected chi connectivity index (χ3v) is 10.5. The van der Waals surface area contributed by atoms with Crippen LogP contribution in [0, 0.1) is 0 Å². The maximum absolute atomic E-state index is 13.6. The number of carbonyl (C=O) groups excluding carboxylic acids is 3. The van der Waals surface area contributed by atoms with Gasteiger partial charge in [-0.05, 0) is 98.5 Å². The molecule has 0 aliphatic carbocycles. The molecule has 0 fully saturated rings. The predicted molar refractivity (Wildman–Crippen MR) is 222 cm³/mol. The normalized spacial score (nSPS) is 14.2. The molecular formula is C50H54O6. The highest BCUT2D eigenvalue weighted by Gasteiger charge is 2.48. The number of hydrogen-bond donors (Lipinski definition) is 0. The summed E-state index contributed by atoms with van der Waals surface area (Å²) in [6.45, 7) is 25.5. The van der Waals surface area contributed by atoms with Crippen molar-refractivity contribution in [1.82, 2.24) is 0 Å². The Morgan fingerprint density at radius 2 is 0.821 bits per heavy atom. The molecule has 1 aliphatic rings. The summed E-state index contributed by atoms with van der Waals surface area (Å²) < 4.78 is 18.2. The Morgan fingerprint density at radius 1 is 0.482 bits per heavy atom. The quantitative estimate of drug-likeness (QED) is 0.127. The van der Waals surface area contributed by atoms with Crippen molar-refractivity contribution >= 4 is 17.9 Å². The second-order valence-electron chi connectivity index (χ2n) is 19.0. The average molecular weight is 751 g/mol. The van der Waals surface area contributed by atoms with Gasteiger partial charge in [0.2, 0.25) is 0 Å². The van der Waals surface area contributed by atoms with Crippen molar-refractivity contribution in [3.8, 4) is 11.5 Å². The van der Waals surface area contributed by atoms with Gasteiger partial charge < -0.3 is 14.2 Å². The van der Waals surface area contributed by atoms with E-state index in [0.29, 0.717) is 44.9 Å². The van der Waals surface area contributed by atoms with E-state index in [4.69, 9.17) is 14.2 Å². The third kappa shape index (κ3) is 8.07. The monoisotopic (exact) mass is 750 g/mol. The number of rotatable bonds is 6. The molecule has 0 spiro atoms. The fourth-order valence-corrected chi connectivity index (χ4v) is 6.88. The minimum atomic E-state index is -1.30. The van der Waals surface area contributed by atoms with Gasteiger partial charge in [-0.1, -0.05) is 138 Å². The summed E-state index contributed by atoms with van der Waals surface area (Å²) in [5, 5.41) is 0. The van der Waals surface area contributed by atoms with E-state index in [0.717, 1.165) is 22.3 Å². The minimum absolute atomic E-state index is 0.157. The summed E-state index contributed by atoms with van der Waals surface area (Å²) in [7, 11) is 0. The van der Waals surface area contributed by atoms with E-state index in [-0.39, 0.29) is 21.7 Å². The largest absolute Gasteiger partial charge is 0.441 e. The molecule has 56 heavy (non-hydrogen) atoms. The van der Waals surface area contributed by atoms with Gasteiger partial charge in [-0.15, -0.1) is 0 Å². The van der Waals surface area contributed by atoms with Crippen LogP contribution in [0.2, 0.25) is 0 Å². The highest BCUT2D eigenvalue weighted by Crippen LogP contribution is 2.47. The highest BCUT2D eigenvalue weighted by atomic mass is 16.6. The van der Waals surface area contributed by atoms with Crippen LogP contribution in [0.4, 0.5) is 0 Å². The van der Waals surface area contributed by atoms with Crippen molar-refractivity contribution in [2.75, 3.05) is 0 Å². The molecule has 0 saturated carbocycles. The lowest BCUT2D eigenvalue weighted by Gasteiger charge is -2.30. The van der Waals surface area contributed by atoms with Crippen LogP contribution in [0.15, 0.2) is 109 Å². The van der Waals surface area contributed by atoms with Crippen LogP contribution in [0.3, 0.4) is 0 Å². The molecule has 5 aromatic rings. The summed E-state index contributed by atoms with van der Waals surface area (Å²) in [4.78, 5) is 40.6. The molecule has 0 atom stereocenters. The van der Waals surface area contributed by atoms with E-state index in [1.807, 2.05) is 60.7 Å². The van der Waals surface area contributed by atoms with Crippen LogP contribution >= 0.6 is 0 Å². The van der Waals surface area contributed by atoms with Crippen molar-refractivity contribution in [1.29, 1.82) is 0 Å². The van der Waals surface area contributed by atoms with Crippen LogP contribution in [-0.4, -0.2) is 17.9 Å². The summed E-state index contributed by atoms with van der Waals surface area (Å²) in [5.74, 6) is -0.638. The first-order valence-corrected chi connectivity index (χ1v) is 19.3. The number of hydrogen-bond acceptors (Lipinski definition) is 6. The van der Waals surface area contributed by atoms with Crippen molar-refractivity contribution in [2.24, 2.45) is 0 Å². The van der Waals surface area contributed by atoms with Crippen LogP contribution in [-0.2, 0) is 32.0 Å². The smallest absolute Gasteiger partial charge is 0.343 e. The van der Waals surface area contributed by atoms with Gasteiger partial charge in [0.15, 0.2) is 5.60 Å². The van der Waals surface area contributed by atoms with Gasteiger partial charge in [0.25, 0.3) is 0 Å². The number of fused-ring (bicyclic) bond motifs is 1. The fourth-order valence-electron chi connectivity index (χ4n) is 6.88. The number of esters is 3. The molecule has 0 amide bonds. The van der Waals surface area contributed by atoms with Crippen molar-refractivity contribution < 1.29 is 28.6 Å². The lowest BCUT2D eigenvalue weighted by atomic mass is 9.79. The SMILES string of the molecule is CC(C)(C)c1cc(C(=O)Oc2ccc(C3(c4ccc(OC(=O)c5cc(C(C)(C)C)cc(C(C)(C)C)c5)cc4)OC(=O)c4ccccc43)cc2)cc(C(C)(C)C)c1. The Bertz CT molecular complexity index is 2100. The molecule has 0 unspecified atom stereocenters. The maximum atomic E-state index is 13.6. The van der Waals surface area contributed by atoms with Crippen LogP contribution < -0.4 is 9.47 Å². The second-order valence-corrected chi connectivity index (χ2v) is 19.0. The molecule has 0 radical (unpaired) electrons. The molecule has 0 N–H and O–H groups in total. The lowest BCUT2D eigenvalue weighted by Crippen LogP contribution is -2.29. The van der Waals surface area contributed by atoms with Crippen molar-refractivity contribution in [3.63, 3.8) is 0 Å². The zero-order valence-electron chi connectivity index (χ0n) is 34.8. The molecule has 290 valence electrons. The first-order valence-electron chi connectivity index (χ1n) is 19.3. The number of benzene rings is 5. The maximum Gasteiger partial charge on any atom is 0.343 e. The first-order chi connectivity index (χ1) is 26.0. The summed E-state index contributed by atoms with van der Waals surface area (Å²) in [6.07, 6.45) is 0. The second kappa shape index (κ2) is 14.2. The molecule has 5 aromatic carbocycles. The van der Waals surface area contributed by atoms with E-state index in [9.17, 15) is 14.4 Å². The Balaban J connectivity index is 1.31. The van der Waals surface area contributed by atoms with Gasteiger partial charge in [-0.25, -0.2) is 14.4 Å². The Labute approximate surface area is 332 Å². The van der Waals surface area contributed by atoms with Gasteiger partial charge in [-0.3, -0.25) is 0 Å². The Morgan fingerprint density at radius 3 is 1.16 bits per heavy atom. The number of cyclic esters (lactones) is 1. The molecule has 6 rings (SSSR count). The minimum Gasteiger partial charge on any atom is -0.441 e. The summed E-state index contributed by atoms with van der Waals surface area (Å²) >= 11 is 0. The fraction of sp³-hybridized carbons (Fsp3) is 0.340. The van der Waals surface area contributed by atoms with Gasteiger partial charge >= 0.3 is 17.9 Å². The highest BCUT2D eigenvalue weighted by molar-refractivity contribution is 5.96. The summed E-state index contributed by atoms with van der Waals surface area (Å²) in [6, 6.07) is 33.4. The molecule has 1 heterocycles. The van der Waals surface area contributed by atoms with Gasteiger partial charge in [0.1, 0.15) is 11.5 Å². The van der Waals surface area contributed by atoms with E-state index < -0.39 is 23.5 Å². The average Bonchev–Trinajstić information content (AvgIpc) is 3.43. The zero-order chi connectivity index (χ0) is 41.0. The van der Waals surface area contributed by atoms with E-state index in [1.54, 1.807) is 36.4 Å². The molecule has 0 saturated heterocycles. The predicted octanol–water partition coefficient (Wildman–Crippen LogP) is 11.8. The molecule has 0 bridgehead atoms. The van der Waals surface area contributed by atoms with Gasteiger partial charge in [0, 0.05) is 16.7 Å². The first kappa shape index (κ1) is 40.2. The molecule has 0 aromatic heterocycles. The zero-order valence-corrected chi connectivity index (χ0v) is 34.8. The number of carbonyl (C=O) groups is 3. The summed E-state index contributed by atoms with van der Waals surface area (Å²) in [5.41, 5.74) is 5.74. The van der Waals surface area contributed by atoms with Gasteiger partial charge in [-0.2, -0.15) is 0 Å². The van der Waals surface area contributed by atoms with Gasteiger partial charge in [0.05, 0.1) is 16.7 Å². The lowest BCUT2D eigenvalue weighted by molar-refractivity contribution is 0.0251. The van der Waals surface area contributed by atoms with Crippen LogP contribution in [0.5, 0.6) is 11.5 Å². The van der Waals surface area contributed by atoms with Crippen LogP contribution in [0.25, 0.3) is 0 Å². The van der Waals surface area contributed by atoms with Crippen molar-refractivity contribution in [3.05, 3.63) is 165 Å². The molecule has 6 nitrogen and oxygen atoms in total. The Kier molecular flexibility index (Phi) is 10.2. The molecule has 6 heteroatoms. The van der Waals surface area contributed by atoms with E-state index in [2.05, 4.69) is 95.2 Å². The van der Waals surface area contributed by atoms with E-state index >= 15 is 0 Å². The van der Waals surface area contributed by atoms with Crippen molar-refractivity contribution in [2.45, 2.75) is 110 Å². The Hall–Kier alpha value is -5.49. The molecule has 1 aliphatic heterocycles. The standard InChI is InChI=1S/C50H54O6/c1-46(2,3)35-25-31(26-36(29-35)47(4,5)6)43(51)54-39-21-17-33(18-22-39)50(42-16-14-13-15-41(42)45(53)56-50)34-19-23-40(24-20-34)55-44(52)32-27-37(48(7,8)9)30-38(28-32)49(10,11)12/h13-30H,1-12H3. The third-order valence-electron chi connectivity index (χ3n) is 10.5. The number of ether oxygens (including phenoxy) is 3. The van der Waals surface area contributed by atoms with E-state index in [1.165, 1.54) is 0 Å². The molecular weight excluding hydrogens is 697 g/mol. The van der Waals surface area contributed by atoms with Crippen LogP contribution in [0.1, 0.15) is 153 Å². The topological polar surface area (TPSA) is 78.9 Å².